The van der Waals surface area contributed by atoms with Crippen molar-refractivity contribution in [3.63, 3.8) is 0 Å². The van der Waals surface area contributed by atoms with Crippen LogP contribution in [0.5, 0.6) is 0 Å². The van der Waals surface area contributed by atoms with Crippen molar-refractivity contribution in [3.05, 3.63) is 20.8 Å². The highest BCUT2D eigenvalue weighted by Crippen LogP contribution is 2.30. The van der Waals surface area contributed by atoms with Crippen molar-refractivity contribution in [1.82, 2.24) is 10.2 Å². The molecule has 1 fully saturated rings. The first-order chi connectivity index (χ1) is 10.3. The maximum absolute atomic E-state index is 12.5. The number of halogens is 1. The van der Waals surface area contributed by atoms with E-state index in [-0.39, 0.29) is 11.8 Å². The third-order valence-electron chi connectivity index (χ3n) is 3.88. The Bertz CT molecular complexity index is 618. The van der Waals surface area contributed by atoms with E-state index >= 15 is 0 Å². The molecule has 0 aromatic carbocycles. The van der Waals surface area contributed by atoms with Gasteiger partial charge in [-0.15, -0.1) is 11.3 Å². The third kappa shape index (κ3) is 3.17. The molecule has 22 heavy (non-hydrogen) atoms. The monoisotopic (exact) mass is 388 g/mol. The lowest BCUT2D eigenvalue weighted by molar-refractivity contribution is -0.155. The Morgan fingerprint density at radius 2 is 2.14 bits per heavy atom. The summed E-state index contributed by atoms with van der Waals surface area (Å²) in [5, 5.41) is 12.0. The number of carbonyl (C=O) groups excluding carboxylic acids is 2. The van der Waals surface area contributed by atoms with Gasteiger partial charge in [-0.2, -0.15) is 0 Å². The molecular formula is C14H17BrN2O4S. The van der Waals surface area contributed by atoms with Crippen molar-refractivity contribution in [2.45, 2.75) is 38.3 Å². The summed E-state index contributed by atoms with van der Waals surface area (Å²) in [6, 6.07) is 2.65. The molecule has 0 spiro atoms. The molecule has 2 rings (SSSR count). The number of hydrogen-bond donors (Lipinski definition) is 2. The highest BCUT2D eigenvalue weighted by atomic mass is 79.9. The minimum atomic E-state index is -1.19. The third-order valence-corrected chi connectivity index (χ3v) is 5.51. The maximum atomic E-state index is 12.5. The van der Waals surface area contributed by atoms with E-state index < -0.39 is 17.6 Å². The predicted molar refractivity (Wildman–Crippen MR) is 85.9 cm³/mol. The Morgan fingerprint density at radius 1 is 1.45 bits per heavy atom. The summed E-state index contributed by atoms with van der Waals surface area (Å²) in [7, 11) is 0. The molecule has 0 saturated carbocycles. The average Bonchev–Trinajstić information content (AvgIpc) is 3.05. The minimum Gasteiger partial charge on any atom is -0.480 e. The zero-order valence-electron chi connectivity index (χ0n) is 12.3. The molecule has 1 aromatic heterocycles. The number of carbonyl (C=O) groups is 3. The number of carboxylic acid groups (broad SMARTS) is 1. The standard InChI is InChI=1S/C14H17BrN2O4S/c1-8(16-11(18)9-4-5-10(15)22-9)12(19)17-7-3-6-14(17,2)13(20)21/h4-5,8H,3,6-7H2,1-2H3,(H,16,18)(H,20,21). The molecule has 120 valence electrons. The molecule has 2 atom stereocenters. The smallest absolute Gasteiger partial charge is 0.329 e. The maximum Gasteiger partial charge on any atom is 0.329 e. The van der Waals surface area contributed by atoms with E-state index in [0.717, 1.165) is 3.79 Å². The molecule has 1 aliphatic heterocycles. The van der Waals surface area contributed by atoms with Crippen LogP contribution >= 0.6 is 27.3 Å². The van der Waals surface area contributed by atoms with E-state index in [2.05, 4.69) is 21.2 Å². The molecule has 2 unspecified atom stereocenters. The number of nitrogens with zero attached hydrogens (tertiary/aromatic N) is 1. The Balaban J connectivity index is 2.06. The normalized spacial score (nSPS) is 22.4. The summed E-state index contributed by atoms with van der Waals surface area (Å²) in [6.45, 7) is 3.51. The van der Waals surface area contributed by atoms with Gasteiger partial charge in [0, 0.05) is 6.54 Å². The van der Waals surface area contributed by atoms with Gasteiger partial charge in [0.25, 0.3) is 5.91 Å². The van der Waals surface area contributed by atoms with Gasteiger partial charge in [-0.1, -0.05) is 0 Å². The summed E-state index contributed by atoms with van der Waals surface area (Å²) in [4.78, 5) is 37.8. The molecule has 6 nitrogen and oxygen atoms in total. The average molecular weight is 389 g/mol. The molecule has 1 saturated heterocycles. The number of likely N-dealkylation sites (tertiary alicyclic amines) is 1. The van der Waals surface area contributed by atoms with Gasteiger partial charge in [-0.05, 0) is 54.8 Å². The van der Waals surface area contributed by atoms with Crippen LogP contribution in [0, 0.1) is 0 Å². The van der Waals surface area contributed by atoms with Crippen LogP contribution in [0.4, 0.5) is 0 Å². The topological polar surface area (TPSA) is 86.7 Å². The summed E-state index contributed by atoms with van der Waals surface area (Å²) >= 11 is 4.55. The summed E-state index contributed by atoms with van der Waals surface area (Å²) in [6.07, 6.45) is 1.07. The first-order valence-electron chi connectivity index (χ1n) is 6.87. The quantitative estimate of drug-likeness (QED) is 0.826. The number of carboxylic acids is 1. The number of nitrogens with one attached hydrogen (secondary N) is 1. The number of thiophene rings is 1. The van der Waals surface area contributed by atoms with Gasteiger partial charge in [-0.25, -0.2) is 4.79 Å². The Labute approximate surface area is 140 Å². The van der Waals surface area contributed by atoms with E-state index in [1.165, 1.54) is 16.2 Å². The van der Waals surface area contributed by atoms with Crippen LogP contribution in [0.25, 0.3) is 0 Å². The highest BCUT2D eigenvalue weighted by Gasteiger charge is 2.46. The molecule has 2 amide bonds. The van der Waals surface area contributed by atoms with Crippen molar-refractivity contribution < 1.29 is 19.5 Å². The summed E-state index contributed by atoms with van der Waals surface area (Å²) in [5.41, 5.74) is -1.19. The molecule has 2 heterocycles. The lowest BCUT2D eigenvalue weighted by atomic mass is 9.99. The number of aliphatic carboxylic acids is 1. The van der Waals surface area contributed by atoms with Crippen LogP contribution in [0.1, 0.15) is 36.4 Å². The Hall–Kier alpha value is -1.41. The van der Waals surface area contributed by atoms with E-state index in [4.69, 9.17) is 0 Å². The number of hydrogen-bond acceptors (Lipinski definition) is 4. The van der Waals surface area contributed by atoms with Gasteiger partial charge >= 0.3 is 5.97 Å². The lowest BCUT2D eigenvalue weighted by Crippen LogP contribution is -2.56. The Kier molecular flexibility index (Phi) is 4.91. The van der Waals surface area contributed by atoms with Crippen LogP contribution in [0.15, 0.2) is 15.9 Å². The lowest BCUT2D eigenvalue weighted by Gasteiger charge is -2.33. The summed E-state index contributed by atoms with van der Waals surface area (Å²) in [5.74, 6) is -1.72. The molecule has 0 bridgehead atoms. The number of amides is 2. The summed E-state index contributed by atoms with van der Waals surface area (Å²) < 4.78 is 0.828. The van der Waals surface area contributed by atoms with Crippen molar-refractivity contribution in [1.29, 1.82) is 0 Å². The zero-order chi connectivity index (χ0) is 16.5. The van der Waals surface area contributed by atoms with Gasteiger partial charge in [0.2, 0.25) is 5.91 Å². The second-order valence-corrected chi connectivity index (χ2v) is 7.93. The van der Waals surface area contributed by atoms with Gasteiger partial charge in [0.15, 0.2) is 0 Å². The van der Waals surface area contributed by atoms with E-state index in [9.17, 15) is 19.5 Å². The van der Waals surface area contributed by atoms with Crippen LogP contribution < -0.4 is 5.32 Å². The number of rotatable bonds is 4. The first kappa shape index (κ1) is 17.0. The van der Waals surface area contributed by atoms with Gasteiger partial charge in [-0.3, -0.25) is 9.59 Å². The van der Waals surface area contributed by atoms with Gasteiger partial charge < -0.3 is 15.3 Å². The zero-order valence-corrected chi connectivity index (χ0v) is 14.7. The fourth-order valence-corrected chi connectivity index (χ4v) is 3.83. The largest absolute Gasteiger partial charge is 0.480 e. The van der Waals surface area contributed by atoms with Crippen molar-refractivity contribution in [2.24, 2.45) is 0 Å². The van der Waals surface area contributed by atoms with Gasteiger partial charge in [0.05, 0.1) is 8.66 Å². The second kappa shape index (κ2) is 6.37. The fourth-order valence-electron chi connectivity index (χ4n) is 2.54. The molecular weight excluding hydrogens is 372 g/mol. The van der Waals surface area contributed by atoms with E-state index in [1.807, 2.05) is 0 Å². The van der Waals surface area contributed by atoms with Crippen LogP contribution in [-0.2, 0) is 9.59 Å². The van der Waals surface area contributed by atoms with Crippen LogP contribution in [0.3, 0.4) is 0 Å². The molecule has 2 N–H and O–H groups in total. The van der Waals surface area contributed by atoms with E-state index in [1.54, 1.807) is 26.0 Å². The van der Waals surface area contributed by atoms with E-state index in [0.29, 0.717) is 24.3 Å². The highest BCUT2D eigenvalue weighted by molar-refractivity contribution is 9.11. The molecule has 1 aromatic rings. The Morgan fingerprint density at radius 3 is 2.68 bits per heavy atom. The molecule has 8 heteroatoms. The van der Waals surface area contributed by atoms with Crippen LogP contribution in [0.2, 0.25) is 0 Å². The molecule has 0 radical (unpaired) electrons. The van der Waals surface area contributed by atoms with Crippen molar-refractivity contribution in [3.8, 4) is 0 Å². The van der Waals surface area contributed by atoms with Crippen molar-refractivity contribution in [2.75, 3.05) is 6.54 Å². The van der Waals surface area contributed by atoms with Crippen LogP contribution in [-0.4, -0.2) is 45.9 Å². The second-order valence-electron chi connectivity index (χ2n) is 5.47. The predicted octanol–water partition coefficient (Wildman–Crippen LogP) is 2.09. The fraction of sp³-hybridized carbons (Fsp3) is 0.500. The molecule has 1 aliphatic rings. The first-order valence-corrected chi connectivity index (χ1v) is 8.48. The molecule has 0 aliphatic carbocycles. The van der Waals surface area contributed by atoms with Gasteiger partial charge in [0.1, 0.15) is 11.6 Å². The SMILES string of the molecule is CC(NC(=O)c1ccc(Br)s1)C(=O)N1CCCC1(C)C(=O)O. The minimum absolute atomic E-state index is 0.340. The van der Waals surface area contributed by atoms with Crippen molar-refractivity contribution >= 4 is 45.1 Å².